The topological polar surface area (TPSA) is 69.6 Å². The standard InChI is InChI=1S/C21H23FN2O3/c1-21(19(25)26)11-12-24(14-21)20(27)23-18(13-15-7-3-2-4-8-15)16-9-5-6-10-17(16)22/h2-10,18H,11-14H2,1H3,(H,23,27)(H,25,26). The number of rotatable bonds is 5. The van der Waals surface area contributed by atoms with Crippen LogP contribution in [0.5, 0.6) is 0 Å². The average molecular weight is 370 g/mol. The number of urea groups is 1. The molecule has 6 heteroatoms. The van der Waals surface area contributed by atoms with E-state index in [4.69, 9.17) is 0 Å². The quantitative estimate of drug-likeness (QED) is 0.845. The molecule has 2 atom stereocenters. The van der Waals surface area contributed by atoms with Gasteiger partial charge in [-0.3, -0.25) is 4.79 Å². The lowest BCUT2D eigenvalue weighted by atomic mass is 9.90. The Morgan fingerprint density at radius 2 is 1.85 bits per heavy atom. The van der Waals surface area contributed by atoms with E-state index in [-0.39, 0.29) is 18.4 Å². The molecular weight excluding hydrogens is 347 g/mol. The van der Waals surface area contributed by atoms with E-state index in [1.165, 1.54) is 11.0 Å². The second-order valence-corrected chi connectivity index (χ2v) is 7.25. The molecule has 0 spiro atoms. The van der Waals surface area contributed by atoms with Crippen molar-refractivity contribution in [3.05, 3.63) is 71.5 Å². The highest BCUT2D eigenvalue weighted by atomic mass is 19.1. The first-order chi connectivity index (χ1) is 12.9. The molecule has 5 nitrogen and oxygen atoms in total. The Morgan fingerprint density at radius 1 is 1.19 bits per heavy atom. The van der Waals surface area contributed by atoms with Crippen LogP contribution in [0.15, 0.2) is 54.6 Å². The molecule has 2 aromatic rings. The second-order valence-electron chi connectivity index (χ2n) is 7.25. The van der Waals surface area contributed by atoms with E-state index in [0.29, 0.717) is 24.9 Å². The van der Waals surface area contributed by atoms with Crippen LogP contribution >= 0.6 is 0 Å². The summed E-state index contributed by atoms with van der Waals surface area (Å²) in [4.78, 5) is 25.6. The molecule has 142 valence electrons. The van der Waals surface area contributed by atoms with Gasteiger partial charge in [0.15, 0.2) is 0 Å². The van der Waals surface area contributed by atoms with Gasteiger partial charge in [0.1, 0.15) is 5.82 Å². The van der Waals surface area contributed by atoms with Crippen molar-refractivity contribution < 1.29 is 19.1 Å². The van der Waals surface area contributed by atoms with Gasteiger partial charge in [-0.05, 0) is 31.4 Å². The summed E-state index contributed by atoms with van der Waals surface area (Å²) < 4.78 is 14.4. The van der Waals surface area contributed by atoms with E-state index in [1.54, 1.807) is 25.1 Å². The highest BCUT2D eigenvalue weighted by molar-refractivity contribution is 5.79. The minimum atomic E-state index is -0.940. The molecular formula is C21H23FN2O3. The van der Waals surface area contributed by atoms with E-state index in [1.807, 2.05) is 30.3 Å². The summed E-state index contributed by atoms with van der Waals surface area (Å²) >= 11 is 0. The molecule has 3 rings (SSSR count). The molecule has 2 unspecified atom stereocenters. The zero-order valence-electron chi connectivity index (χ0n) is 15.2. The van der Waals surface area contributed by atoms with Crippen LogP contribution < -0.4 is 5.32 Å². The number of carboxylic acid groups (broad SMARTS) is 1. The van der Waals surface area contributed by atoms with Crippen molar-refractivity contribution in [2.45, 2.75) is 25.8 Å². The number of carbonyl (C=O) groups excluding carboxylic acids is 1. The lowest BCUT2D eigenvalue weighted by Crippen LogP contribution is -2.43. The van der Waals surface area contributed by atoms with Gasteiger partial charge in [0.05, 0.1) is 11.5 Å². The SMILES string of the molecule is CC1(C(=O)O)CCN(C(=O)NC(Cc2ccccc2)c2ccccc2F)C1. The summed E-state index contributed by atoms with van der Waals surface area (Å²) in [6.07, 6.45) is 0.844. The van der Waals surface area contributed by atoms with Crippen LogP contribution in [0.2, 0.25) is 0 Å². The Kier molecular flexibility index (Phi) is 5.44. The normalized spacial score (nSPS) is 20.3. The van der Waals surface area contributed by atoms with Gasteiger partial charge in [-0.1, -0.05) is 48.5 Å². The highest BCUT2D eigenvalue weighted by Crippen LogP contribution is 2.30. The van der Waals surface area contributed by atoms with Crippen LogP contribution in [0, 0.1) is 11.2 Å². The molecule has 0 saturated carbocycles. The molecule has 2 N–H and O–H groups in total. The van der Waals surface area contributed by atoms with Crippen molar-refractivity contribution in [3.63, 3.8) is 0 Å². The molecule has 1 aliphatic heterocycles. The Bertz CT molecular complexity index is 827. The second kappa shape index (κ2) is 7.78. The number of carbonyl (C=O) groups is 2. The third-order valence-electron chi connectivity index (χ3n) is 5.14. The molecule has 1 heterocycles. The first-order valence-corrected chi connectivity index (χ1v) is 8.96. The fourth-order valence-corrected chi connectivity index (χ4v) is 3.40. The molecule has 1 saturated heterocycles. The summed E-state index contributed by atoms with van der Waals surface area (Å²) in [5, 5.41) is 12.3. The van der Waals surface area contributed by atoms with E-state index in [2.05, 4.69) is 5.32 Å². The smallest absolute Gasteiger partial charge is 0.317 e. The molecule has 1 aliphatic rings. The zero-order valence-corrected chi connectivity index (χ0v) is 15.2. The van der Waals surface area contributed by atoms with E-state index in [0.717, 1.165) is 5.56 Å². The van der Waals surface area contributed by atoms with Crippen molar-refractivity contribution >= 4 is 12.0 Å². The fourth-order valence-electron chi connectivity index (χ4n) is 3.40. The predicted molar refractivity (Wildman–Crippen MR) is 99.8 cm³/mol. The van der Waals surface area contributed by atoms with E-state index >= 15 is 0 Å². The number of halogens is 1. The zero-order chi connectivity index (χ0) is 19.4. The minimum Gasteiger partial charge on any atom is -0.481 e. The van der Waals surface area contributed by atoms with E-state index in [9.17, 15) is 19.1 Å². The van der Waals surface area contributed by atoms with Crippen molar-refractivity contribution in [3.8, 4) is 0 Å². The Labute approximate surface area is 157 Å². The number of hydrogen-bond donors (Lipinski definition) is 2. The number of likely N-dealkylation sites (tertiary alicyclic amines) is 1. The number of carboxylic acids is 1. The Hall–Kier alpha value is -2.89. The summed E-state index contributed by atoms with van der Waals surface area (Å²) in [5.41, 5.74) is 0.447. The summed E-state index contributed by atoms with van der Waals surface area (Å²) in [5.74, 6) is -1.29. The first kappa shape index (κ1) is 18.9. The predicted octanol–water partition coefficient (Wildman–Crippen LogP) is 3.62. The molecule has 27 heavy (non-hydrogen) atoms. The molecule has 0 bridgehead atoms. The maximum Gasteiger partial charge on any atom is 0.317 e. The summed E-state index contributed by atoms with van der Waals surface area (Å²) in [7, 11) is 0. The highest BCUT2D eigenvalue weighted by Gasteiger charge is 2.42. The number of aliphatic carboxylic acids is 1. The minimum absolute atomic E-state index is 0.142. The van der Waals surface area contributed by atoms with E-state index < -0.39 is 17.4 Å². The largest absolute Gasteiger partial charge is 0.481 e. The molecule has 2 aromatic carbocycles. The number of benzene rings is 2. The molecule has 0 aromatic heterocycles. The third kappa shape index (κ3) is 4.27. The monoisotopic (exact) mass is 370 g/mol. The number of hydrogen-bond acceptors (Lipinski definition) is 2. The van der Waals surface area contributed by atoms with Gasteiger partial charge in [0.2, 0.25) is 0 Å². The van der Waals surface area contributed by atoms with Gasteiger partial charge in [-0.25, -0.2) is 9.18 Å². The number of nitrogens with one attached hydrogen (secondary N) is 1. The molecule has 0 aliphatic carbocycles. The molecule has 1 fully saturated rings. The van der Waals surface area contributed by atoms with Gasteiger partial charge in [0, 0.05) is 18.7 Å². The average Bonchev–Trinajstić information content (AvgIpc) is 3.06. The number of nitrogens with zero attached hydrogens (tertiary/aromatic N) is 1. The van der Waals surface area contributed by atoms with Gasteiger partial charge >= 0.3 is 12.0 Å². The first-order valence-electron chi connectivity index (χ1n) is 8.96. The van der Waals surface area contributed by atoms with Crippen LogP contribution in [0.4, 0.5) is 9.18 Å². The van der Waals surface area contributed by atoms with Gasteiger partial charge in [0.25, 0.3) is 0 Å². The van der Waals surface area contributed by atoms with Crippen LogP contribution in [0.25, 0.3) is 0 Å². The van der Waals surface area contributed by atoms with Crippen molar-refractivity contribution in [1.29, 1.82) is 0 Å². The van der Waals surface area contributed by atoms with Crippen LogP contribution in [0.1, 0.15) is 30.5 Å². The fraction of sp³-hybridized carbons (Fsp3) is 0.333. The van der Waals surface area contributed by atoms with Gasteiger partial charge in [-0.15, -0.1) is 0 Å². The summed E-state index contributed by atoms with van der Waals surface area (Å²) in [6.45, 7) is 2.15. The lowest BCUT2D eigenvalue weighted by Gasteiger charge is -2.25. The van der Waals surface area contributed by atoms with Crippen LogP contribution in [-0.2, 0) is 11.2 Å². The Morgan fingerprint density at radius 3 is 2.48 bits per heavy atom. The maximum atomic E-state index is 14.4. The van der Waals surface area contributed by atoms with Crippen molar-refractivity contribution in [2.75, 3.05) is 13.1 Å². The number of amides is 2. The van der Waals surface area contributed by atoms with Gasteiger partial charge in [-0.2, -0.15) is 0 Å². The van der Waals surface area contributed by atoms with Crippen molar-refractivity contribution in [2.24, 2.45) is 5.41 Å². The summed E-state index contributed by atoms with van der Waals surface area (Å²) in [6, 6.07) is 15.0. The molecule has 0 radical (unpaired) electrons. The Balaban J connectivity index is 1.78. The maximum absolute atomic E-state index is 14.4. The van der Waals surface area contributed by atoms with Gasteiger partial charge < -0.3 is 15.3 Å². The molecule has 2 amide bonds. The van der Waals surface area contributed by atoms with Crippen molar-refractivity contribution in [1.82, 2.24) is 10.2 Å². The van der Waals surface area contributed by atoms with Crippen LogP contribution in [-0.4, -0.2) is 35.1 Å². The lowest BCUT2D eigenvalue weighted by molar-refractivity contribution is -0.147. The third-order valence-corrected chi connectivity index (χ3v) is 5.14. The van der Waals surface area contributed by atoms with Crippen LogP contribution in [0.3, 0.4) is 0 Å².